The van der Waals surface area contributed by atoms with Gasteiger partial charge < -0.3 is 10.2 Å². The number of hydrogen-bond donors (Lipinski definition) is 1. The van der Waals surface area contributed by atoms with E-state index in [0.717, 1.165) is 10.0 Å². The van der Waals surface area contributed by atoms with Crippen LogP contribution in [0.25, 0.3) is 0 Å². The highest BCUT2D eigenvalue weighted by molar-refractivity contribution is 14.0. The van der Waals surface area contributed by atoms with Crippen molar-refractivity contribution in [2.45, 2.75) is 32.0 Å². The minimum Gasteiger partial charge on any atom is -0.356 e. The third kappa shape index (κ3) is 9.39. The number of hydrogen-bond acceptors (Lipinski definition) is 1. The first-order valence-corrected chi connectivity index (χ1v) is 7.84. The molecule has 3 nitrogen and oxygen atoms in total. The van der Waals surface area contributed by atoms with Crippen molar-refractivity contribution in [3.8, 4) is 0 Å². The van der Waals surface area contributed by atoms with Crippen LogP contribution in [0.5, 0.6) is 0 Å². The summed E-state index contributed by atoms with van der Waals surface area (Å²) in [5.41, 5.74) is 1.12. The zero-order valence-corrected chi connectivity index (χ0v) is 17.1. The van der Waals surface area contributed by atoms with Crippen molar-refractivity contribution in [3.05, 3.63) is 34.3 Å². The van der Waals surface area contributed by atoms with Gasteiger partial charge in [0.15, 0.2) is 5.96 Å². The third-order valence-corrected chi connectivity index (χ3v) is 3.88. The first-order chi connectivity index (χ1) is 10.3. The molecule has 0 aliphatic rings. The fourth-order valence-corrected chi connectivity index (χ4v) is 2.40. The maximum Gasteiger partial charge on any atom is 0.389 e. The molecule has 0 aliphatic carbocycles. The molecule has 0 unspecified atom stereocenters. The highest BCUT2D eigenvalue weighted by Crippen LogP contribution is 2.22. The Morgan fingerprint density at radius 3 is 2.48 bits per heavy atom. The van der Waals surface area contributed by atoms with Gasteiger partial charge in [-0.3, -0.25) is 4.99 Å². The van der Waals surface area contributed by atoms with Crippen LogP contribution < -0.4 is 5.32 Å². The van der Waals surface area contributed by atoms with E-state index >= 15 is 0 Å². The van der Waals surface area contributed by atoms with E-state index in [1.54, 1.807) is 7.05 Å². The lowest BCUT2D eigenvalue weighted by Gasteiger charge is -2.22. The van der Waals surface area contributed by atoms with E-state index in [4.69, 9.17) is 0 Å². The first kappa shape index (κ1) is 22.5. The monoisotopic (exact) mass is 507 g/mol. The molecule has 0 saturated carbocycles. The molecular formula is C15H22BrF3IN3. The lowest BCUT2D eigenvalue weighted by atomic mass is 10.2. The Morgan fingerprint density at radius 1 is 1.26 bits per heavy atom. The van der Waals surface area contributed by atoms with E-state index < -0.39 is 12.6 Å². The SMILES string of the molecule is CN=C(NCCCCC(F)(F)F)N(C)Cc1ccccc1Br.I. The van der Waals surface area contributed by atoms with Gasteiger partial charge in [0, 0.05) is 38.1 Å². The van der Waals surface area contributed by atoms with Crippen LogP contribution in [0.3, 0.4) is 0 Å². The first-order valence-electron chi connectivity index (χ1n) is 7.05. The van der Waals surface area contributed by atoms with Crippen LogP contribution in [0.15, 0.2) is 33.7 Å². The zero-order chi connectivity index (χ0) is 16.6. The molecule has 0 aromatic heterocycles. The van der Waals surface area contributed by atoms with Crippen LogP contribution >= 0.6 is 39.9 Å². The quantitative estimate of drug-likeness (QED) is 0.259. The summed E-state index contributed by atoms with van der Waals surface area (Å²) in [6.45, 7) is 1.13. The molecule has 1 N–H and O–H groups in total. The summed E-state index contributed by atoms with van der Waals surface area (Å²) in [6.07, 6.45) is -4.22. The molecule has 1 rings (SSSR count). The number of nitrogens with one attached hydrogen (secondary N) is 1. The number of alkyl halides is 3. The Morgan fingerprint density at radius 2 is 1.91 bits per heavy atom. The average Bonchev–Trinajstić information content (AvgIpc) is 2.44. The van der Waals surface area contributed by atoms with E-state index in [1.165, 1.54) is 0 Å². The van der Waals surface area contributed by atoms with Gasteiger partial charge in [0.25, 0.3) is 0 Å². The maximum absolute atomic E-state index is 12.1. The standard InChI is InChI=1S/C15H21BrF3N3.HI/c1-20-14(21-10-6-5-9-15(17,18)19)22(2)11-12-7-3-4-8-13(12)16;/h3-4,7-8H,5-6,9-11H2,1-2H3,(H,20,21);1H. The topological polar surface area (TPSA) is 27.6 Å². The summed E-state index contributed by atoms with van der Waals surface area (Å²) in [5.74, 6) is 0.669. The number of unbranched alkanes of at least 4 members (excludes halogenated alkanes) is 1. The summed E-state index contributed by atoms with van der Waals surface area (Å²) in [5, 5.41) is 3.09. The Bertz CT molecular complexity index is 495. The highest BCUT2D eigenvalue weighted by Gasteiger charge is 2.25. The summed E-state index contributed by atoms with van der Waals surface area (Å²) in [7, 11) is 3.55. The number of benzene rings is 1. The van der Waals surface area contributed by atoms with Crippen molar-refractivity contribution in [1.82, 2.24) is 10.2 Å². The summed E-state index contributed by atoms with van der Waals surface area (Å²) in [4.78, 5) is 6.09. The van der Waals surface area contributed by atoms with E-state index in [-0.39, 0.29) is 30.4 Å². The predicted octanol–water partition coefficient (Wildman–Crippen LogP) is 4.81. The van der Waals surface area contributed by atoms with Crippen molar-refractivity contribution in [1.29, 1.82) is 0 Å². The van der Waals surface area contributed by atoms with Crippen molar-refractivity contribution < 1.29 is 13.2 Å². The van der Waals surface area contributed by atoms with Crippen LogP contribution in [0.4, 0.5) is 13.2 Å². The molecule has 1 aromatic carbocycles. The number of guanidine groups is 1. The van der Waals surface area contributed by atoms with Gasteiger partial charge in [0.05, 0.1) is 0 Å². The van der Waals surface area contributed by atoms with Crippen LogP contribution in [0.2, 0.25) is 0 Å². The fourth-order valence-electron chi connectivity index (χ4n) is 1.99. The van der Waals surface area contributed by atoms with Crippen molar-refractivity contribution in [3.63, 3.8) is 0 Å². The second-order valence-corrected chi connectivity index (χ2v) is 5.85. The van der Waals surface area contributed by atoms with Crippen molar-refractivity contribution >= 4 is 45.9 Å². The molecule has 0 bridgehead atoms. The van der Waals surface area contributed by atoms with E-state index in [9.17, 15) is 13.2 Å². The van der Waals surface area contributed by atoms with Crippen LogP contribution in [-0.2, 0) is 6.54 Å². The molecule has 0 amide bonds. The van der Waals surface area contributed by atoms with E-state index in [1.807, 2.05) is 36.2 Å². The molecule has 0 atom stereocenters. The normalized spacial score (nSPS) is 11.8. The zero-order valence-electron chi connectivity index (χ0n) is 13.2. The smallest absolute Gasteiger partial charge is 0.356 e. The average molecular weight is 508 g/mol. The van der Waals surface area contributed by atoms with E-state index in [0.29, 0.717) is 25.5 Å². The molecule has 0 fully saturated rings. The maximum atomic E-state index is 12.1. The molecule has 0 aliphatic heterocycles. The predicted molar refractivity (Wildman–Crippen MR) is 102 cm³/mol. The van der Waals surface area contributed by atoms with Crippen LogP contribution in [0, 0.1) is 0 Å². The number of aliphatic imine (C=N–C) groups is 1. The van der Waals surface area contributed by atoms with Gasteiger partial charge in [-0.15, -0.1) is 24.0 Å². The number of rotatable bonds is 6. The second-order valence-electron chi connectivity index (χ2n) is 4.99. The molecule has 8 heteroatoms. The molecule has 23 heavy (non-hydrogen) atoms. The molecule has 0 saturated heterocycles. The Kier molecular flexibility index (Phi) is 10.9. The van der Waals surface area contributed by atoms with Crippen LogP contribution in [0.1, 0.15) is 24.8 Å². The van der Waals surface area contributed by atoms with Gasteiger partial charge in [-0.05, 0) is 24.5 Å². The molecule has 132 valence electrons. The van der Waals surface area contributed by atoms with Gasteiger partial charge in [-0.2, -0.15) is 13.2 Å². The molecule has 0 spiro atoms. The molecule has 0 radical (unpaired) electrons. The van der Waals surface area contributed by atoms with Gasteiger partial charge in [0.2, 0.25) is 0 Å². The highest BCUT2D eigenvalue weighted by atomic mass is 127. The fraction of sp³-hybridized carbons (Fsp3) is 0.533. The van der Waals surface area contributed by atoms with Gasteiger partial charge in [-0.25, -0.2) is 0 Å². The van der Waals surface area contributed by atoms with Gasteiger partial charge >= 0.3 is 6.18 Å². The Labute approximate surface area is 160 Å². The third-order valence-electron chi connectivity index (χ3n) is 3.11. The minimum absolute atomic E-state index is 0. The minimum atomic E-state index is -4.07. The van der Waals surface area contributed by atoms with Crippen LogP contribution in [-0.4, -0.2) is 37.7 Å². The Balaban J connectivity index is 0.00000484. The van der Waals surface area contributed by atoms with Gasteiger partial charge in [-0.1, -0.05) is 34.1 Å². The number of halogens is 5. The Hall–Kier alpha value is -0.510. The van der Waals surface area contributed by atoms with Crippen molar-refractivity contribution in [2.75, 3.05) is 20.6 Å². The summed E-state index contributed by atoms with van der Waals surface area (Å²) in [6, 6.07) is 7.89. The largest absolute Gasteiger partial charge is 0.389 e. The lowest BCUT2D eigenvalue weighted by Crippen LogP contribution is -2.39. The molecular weight excluding hydrogens is 486 g/mol. The molecule has 0 heterocycles. The van der Waals surface area contributed by atoms with E-state index in [2.05, 4.69) is 26.2 Å². The van der Waals surface area contributed by atoms with Crippen molar-refractivity contribution in [2.24, 2.45) is 4.99 Å². The second kappa shape index (κ2) is 11.1. The number of nitrogens with zero attached hydrogens (tertiary/aromatic N) is 2. The van der Waals surface area contributed by atoms with Gasteiger partial charge in [0.1, 0.15) is 0 Å². The summed E-state index contributed by atoms with van der Waals surface area (Å²) < 4.78 is 37.2. The molecule has 1 aromatic rings. The lowest BCUT2D eigenvalue weighted by molar-refractivity contribution is -0.135. The summed E-state index contributed by atoms with van der Waals surface area (Å²) >= 11 is 3.49.